The van der Waals surface area contributed by atoms with Gasteiger partial charge in [-0.25, -0.2) is 0 Å². The van der Waals surface area contributed by atoms with Crippen molar-refractivity contribution in [3.05, 3.63) is 24.2 Å². The summed E-state index contributed by atoms with van der Waals surface area (Å²) in [5.74, 6) is 0.132. The van der Waals surface area contributed by atoms with E-state index < -0.39 is 0 Å². The van der Waals surface area contributed by atoms with Crippen LogP contribution in [0.4, 0.5) is 0 Å². The molecule has 1 aliphatic carbocycles. The van der Waals surface area contributed by atoms with Crippen LogP contribution in [-0.4, -0.2) is 31.2 Å². The van der Waals surface area contributed by atoms with Crippen LogP contribution < -0.4 is 11.1 Å². The number of rotatable bonds is 5. The van der Waals surface area contributed by atoms with E-state index in [0.29, 0.717) is 31.1 Å². The number of furan rings is 1. The van der Waals surface area contributed by atoms with Gasteiger partial charge in [-0.3, -0.25) is 4.79 Å². The summed E-state index contributed by atoms with van der Waals surface area (Å²) in [4.78, 5) is 11.5. The van der Waals surface area contributed by atoms with Gasteiger partial charge in [0.05, 0.1) is 19.0 Å². The summed E-state index contributed by atoms with van der Waals surface area (Å²) in [6.07, 6.45) is 5.88. The monoisotopic (exact) mass is 252 g/mol. The lowest BCUT2D eigenvalue weighted by Gasteiger charge is -2.26. The smallest absolute Gasteiger partial charge is 0.287 e. The largest absolute Gasteiger partial charge is 0.459 e. The van der Waals surface area contributed by atoms with Gasteiger partial charge in [-0.05, 0) is 37.8 Å². The fraction of sp³-hybridized carbons (Fsp3) is 0.615. The summed E-state index contributed by atoms with van der Waals surface area (Å²) in [5.41, 5.74) is 5.82. The Kier molecular flexibility index (Phi) is 4.78. The Labute approximate surface area is 107 Å². The minimum absolute atomic E-state index is 0.200. The molecule has 0 bridgehead atoms. The van der Waals surface area contributed by atoms with E-state index in [-0.39, 0.29) is 5.91 Å². The van der Waals surface area contributed by atoms with E-state index in [4.69, 9.17) is 14.9 Å². The first kappa shape index (κ1) is 13.1. The second-order valence-electron chi connectivity index (χ2n) is 4.64. The lowest BCUT2D eigenvalue weighted by molar-refractivity contribution is 0.0266. The van der Waals surface area contributed by atoms with Crippen LogP contribution in [0, 0.1) is 0 Å². The molecule has 1 fully saturated rings. The third-order valence-electron chi connectivity index (χ3n) is 3.21. The average molecular weight is 252 g/mol. The van der Waals surface area contributed by atoms with Crippen LogP contribution in [0.15, 0.2) is 22.8 Å². The summed E-state index contributed by atoms with van der Waals surface area (Å²) >= 11 is 0. The maximum absolute atomic E-state index is 11.5. The molecule has 1 aliphatic rings. The highest BCUT2D eigenvalue weighted by Gasteiger charge is 2.18. The molecule has 18 heavy (non-hydrogen) atoms. The minimum atomic E-state index is -0.200. The molecule has 5 nitrogen and oxygen atoms in total. The van der Waals surface area contributed by atoms with E-state index in [0.717, 1.165) is 25.7 Å². The van der Waals surface area contributed by atoms with Gasteiger partial charge in [0.2, 0.25) is 0 Å². The molecule has 3 N–H and O–H groups in total. The molecule has 1 heterocycles. The van der Waals surface area contributed by atoms with Crippen LogP contribution >= 0.6 is 0 Å². The number of amides is 1. The van der Waals surface area contributed by atoms with E-state index in [1.807, 2.05) is 0 Å². The van der Waals surface area contributed by atoms with Gasteiger partial charge >= 0.3 is 0 Å². The van der Waals surface area contributed by atoms with E-state index in [2.05, 4.69) is 5.32 Å². The second-order valence-corrected chi connectivity index (χ2v) is 4.64. The van der Waals surface area contributed by atoms with Crippen molar-refractivity contribution in [3.63, 3.8) is 0 Å². The molecule has 0 atom stereocenters. The lowest BCUT2D eigenvalue weighted by atomic mass is 9.94. The zero-order valence-electron chi connectivity index (χ0n) is 10.4. The third-order valence-corrected chi connectivity index (χ3v) is 3.21. The maximum atomic E-state index is 11.5. The van der Waals surface area contributed by atoms with Crippen molar-refractivity contribution in [2.45, 2.75) is 37.8 Å². The Bertz CT molecular complexity index is 356. The molecule has 0 radical (unpaired) electrons. The van der Waals surface area contributed by atoms with Crippen LogP contribution in [0.5, 0.6) is 0 Å². The van der Waals surface area contributed by atoms with Gasteiger partial charge in [-0.2, -0.15) is 0 Å². The summed E-state index contributed by atoms with van der Waals surface area (Å²) < 4.78 is 10.7. The summed E-state index contributed by atoms with van der Waals surface area (Å²) in [5, 5.41) is 2.75. The Balaban J connectivity index is 1.57. The molecule has 1 saturated carbocycles. The highest BCUT2D eigenvalue weighted by molar-refractivity contribution is 5.91. The predicted octanol–water partition coefficient (Wildman–Crippen LogP) is 1.30. The summed E-state index contributed by atoms with van der Waals surface area (Å²) in [7, 11) is 0. The van der Waals surface area contributed by atoms with Gasteiger partial charge in [0.1, 0.15) is 0 Å². The maximum Gasteiger partial charge on any atom is 0.287 e. The van der Waals surface area contributed by atoms with Crippen molar-refractivity contribution in [1.29, 1.82) is 0 Å². The number of nitrogens with one attached hydrogen (secondary N) is 1. The summed E-state index contributed by atoms with van der Waals surface area (Å²) in [6, 6.07) is 3.67. The molecule has 1 amide bonds. The molecule has 1 aromatic heterocycles. The highest BCUT2D eigenvalue weighted by atomic mass is 16.5. The van der Waals surface area contributed by atoms with Gasteiger partial charge < -0.3 is 20.2 Å². The van der Waals surface area contributed by atoms with Crippen molar-refractivity contribution in [3.8, 4) is 0 Å². The second kappa shape index (κ2) is 6.56. The number of hydrogen-bond donors (Lipinski definition) is 2. The molecule has 1 aromatic rings. The van der Waals surface area contributed by atoms with Crippen molar-refractivity contribution in [1.82, 2.24) is 5.32 Å². The van der Waals surface area contributed by atoms with E-state index >= 15 is 0 Å². The van der Waals surface area contributed by atoms with Crippen molar-refractivity contribution in [2.24, 2.45) is 5.73 Å². The van der Waals surface area contributed by atoms with Crippen molar-refractivity contribution >= 4 is 5.91 Å². The Morgan fingerprint density at radius 2 is 2.22 bits per heavy atom. The number of carbonyl (C=O) groups is 1. The van der Waals surface area contributed by atoms with Gasteiger partial charge in [0.25, 0.3) is 5.91 Å². The first-order valence-corrected chi connectivity index (χ1v) is 6.44. The minimum Gasteiger partial charge on any atom is -0.459 e. The Morgan fingerprint density at radius 1 is 1.44 bits per heavy atom. The van der Waals surface area contributed by atoms with Crippen LogP contribution in [0.3, 0.4) is 0 Å². The lowest BCUT2D eigenvalue weighted by Crippen LogP contribution is -2.32. The topological polar surface area (TPSA) is 77.5 Å². The molecule has 5 heteroatoms. The summed E-state index contributed by atoms with van der Waals surface area (Å²) in [6.45, 7) is 1.04. The molecule has 2 rings (SSSR count). The normalized spacial score (nSPS) is 23.8. The molecule has 0 aromatic carbocycles. The first-order chi connectivity index (χ1) is 8.75. The van der Waals surface area contributed by atoms with E-state index in [9.17, 15) is 4.79 Å². The Hall–Kier alpha value is -1.33. The molecular weight excluding hydrogens is 232 g/mol. The Morgan fingerprint density at radius 3 is 2.89 bits per heavy atom. The molecule has 0 unspecified atom stereocenters. The molecule has 100 valence electrons. The first-order valence-electron chi connectivity index (χ1n) is 6.44. The molecular formula is C13H20N2O3. The van der Waals surface area contributed by atoms with Crippen molar-refractivity contribution < 1.29 is 13.9 Å². The van der Waals surface area contributed by atoms with Crippen LogP contribution in [0.2, 0.25) is 0 Å². The highest BCUT2D eigenvalue weighted by Crippen LogP contribution is 2.19. The quantitative estimate of drug-likeness (QED) is 0.774. The average Bonchev–Trinajstić information content (AvgIpc) is 2.90. The van der Waals surface area contributed by atoms with E-state index in [1.54, 1.807) is 12.1 Å². The molecule has 0 aliphatic heterocycles. The predicted molar refractivity (Wildman–Crippen MR) is 67.2 cm³/mol. The van der Waals surface area contributed by atoms with E-state index in [1.165, 1.54) is 6.26 Å². The van der Waals surface area contributed by atoms with Gasteiger partial charge in [-0.15, -0.1) is 0 Å². The molecule has 0 spiro atoms. The number of carbonyl (C=O) groups excluding carboxylic acids is 1. The van der Waals surface area contributed by atoms with Gasteiger partial charge in [-0.1, -0.05) is 0 Å². The fourth-order valence-electron chi connectivity index (χ4n) is 2.14. The van der Waals surface area contributed by atoms with Crippen LogP contribution in [0.25, 0.3) is 0 Å². The van der Waals surface area contributed by atoms with Gasteiger partial charge in [0, 0.05) is 12.6 Å². The number of nitrogens with two attached hydrogens (primary N) is 1. The molecule has 0 saturated heterocycles. The third kappa shape index (κ3) is 3.85. The fourth-order valence-corrected chi connectivity index (χ4v) is 2.14. The SMILES string of the molecule is NC1CCC(OCCNC(=O)c2ccco2)CC1. The zero-order chi connectivity index (χ0) is 12.8. The van der Waals surface area contributed by atoms with Gasteiger partial charge in [0.15, 0.2) is 5.76 Å². The van der Waals surface area contributed by atoms with Crippen LogP contribution in [0.1, 0.15) is 36.2 Å². The van der Waals surface area contributed by atoms with Crippen molar-refractivity contribution in [2.75, 3.05) is 13.2 Å². The zero-order valence-corrected chi connectivity index (χ0v) is 10.4. The number of hydrogen-bond acceptors (Lipinski definition) is 4. The number of ether oxygens (including phenoxy) is 1. The van der Waals surface area contributed by atoms with Crippen LogP contribution in [-0.2, 0) is 4.74 Å². The standard InChI is InChI=1S/C13H20N2O3/c14-10-3-5-11(6-4-10)17-9-7-15-13(16)12-2-1-8-18-12/h1-2,8,10-11H,3-7,9,14H2,(H,15,16).